The van der Waals surface area contributed by atoms with Crippen LogP contribution in [0, 0.1) is 0 Å². The Morgan fingerprint density at radius 2 is 1.81 bits per heavy atom. The van der Waals surface area contributed by atoms with Crippen LogP contribution in [0.4, 0.5) is 10.5 Å². The van der Waals surface area contributed by atoms with Gasteiger partial charge in [0, 0.05) is 5.69 Å². The van der Waals surface area contributed by atoms with Crippen molar-refractivity contribution in [3.63, 3.8) is 0 Å². The molecule has 2 aromatic rings. The van der Waals surface area contributed by atoms with E-state index in [-0.39, 0.29) is 29.6 Å². The zero-order valence-electron chi connectivity index (χ0n) is 11.2. The van der Waals surface area contributed by atoms with Crippen LogP contribution in [0.3, 0.4) is 0 Å². The van der Waals surface area contributed by atoms with Crippen LogP contribution in [0.15, 0.2) is 42.5 Å². The highest BCUT2D eigenvalue weighted by Crippen LogP contribution is 2.31. The van der Waals surface area contributed by atoms with Crippen LogP contribution in [-0.2, 0) is 9.84 Å². The number of urea groups is 1. The number of nitrogens with one attached hydrogen (secondary N) is 1. The molecule has 0 unspecified atom stereocenters. The van der Waals surface area contributed by atoms with Crippen LogP contribution in [0.2, 0.25) is 0 Å². The van der Waals surface area contributed by atoms with E-state index >= 15 is 0 Å². The van der Waals surface area contributed by atoms with Gasteiger partial charge in [-0.25, -0.2) is 13.2 Å². The minimum absolute atomic E-state index is 0.0310. The second-order valence-corrected chi connectivity index (χ2v) is 7.76. The average Bonchev–Trinajstić information content (AvgIpc) is 2.88. The second kappa shape index (κ2) is 4.21. The molecule has 108 valence electrons. The quantitative estimate of drug-likeness (QED) is 0.813. The van der Waals surface area contributed by atoms with Crippen LogP contribution in [0.1, 0.15) is 0 Å². The Balaban J connectivity index is 1.78. The molecule has 2 aromatic carbocycles. The third-order valence-electron chi connectivity index (χ3n) is 4.19. The lowest BCUT2D eigenvalue weighted by molar-refractivity contribution is 0.251. The third kappa shape index (κ3) is 1.98. The number of anilines is 1. The van der Waals surface area contributed by atoms with E-state index in [4.69, 9.17) is 0 Å². The van der Waals surface area contributed by atoms with Crippen molar-refractivity contribution in [1.29, 1.82) is 0 Å². The molecule has 2 aliphatic rings. The van der Waals surface area contributed by atoms with Gasteiger partial charge in [-0.05, 0) is 22.9 Å². The van der Waals surface area contributed by atoms with Gasteiger partial charge >= 0.3 is 6.03 Å². The van der Waals surface area contributed by atoms with Crippen molar-refractivity contribution in [3.8, 4) is 0 Å². The van der Waals surface area contributed by atoms with E-state index in [0.29, 0.717) is 0 Å². The first kappa shape index (κ1) is 12.6. The lowest BCUT2D eigenvalue weighted by atomic mass is 10.1. The number of fused-ring (bicyclic) bond motifs is 2. The van der Waals surface area contributed by atoms with E-state index in [1.54, 1.807) is 4.90 Å². The fraction of sp³-hybridized carbons (Fsp3) is 0.267. The number of benzene rings is 2. The minimum Gasteiger partial charge on any atom is -0.332 e. The van der Waals surface area contributed by atoms with Gasteiger partial charge in [-0.2, -0.15) is 0 Å². The molecule has 4 rings (SSSR count). The van der Waals surface area contributed by atoms with Gasteiger partial charge in [0.05, 0.1) is 23.6 Å². The summed E-state index contributed by atoms with van der Waals surface area (Å²) < 4.78 is 23.5. The first-order valence-corrected chi connectivity index (χ1v) is 8.65. The first-order chi connectivity index (χ1) is 10.0. The molecule has 2 atom stereocenters. The van der Waals surface area contributed by atoms with E-state index < -0.39 is 9.84 Å². The van der Waals surface area contributed by atoms with Crippen molar-refractivity contribution in [2.45, 2.75) is 12.1 Å². The Morgan fingerprint density at radius 1 is 1.05 bits per heavy atom. The highest BCUT2D eigenvalue weighted by atomic mass is 32.2. The molecular formula is C15H14N2O3S. The maximum absolute atomic E-state index is 12.2. The molecule has 2 saturated heterocycles. The third-order valence-corrected chi connectivity index (χ3v) is 5.91. The second-order valence-electron chi connectivity index (χ2n) is 5.60. The van der Waals surface area contributed by atoms with E-state index in [9.17, 15) is 13.2 Å². The Labute approximate surface area is 122 Å². The summed E-state index contributed by atoms with van der Waals surface area (Å²) in [5.74, 6) is 0.0662. The maximum Gasteiger partial charge on any atom is 0.322 e. The molecule has 0 saturated carbocycles. The SMILES string of the molecule is O=C1N[C@H]2CS(=O)(=O)C[C@@H]2N1c1ccc2ccccc2c1. The number of hydrogen-bond donors (Lipinski definition) is 1. The molecule has 1 N–H and O–H groups in total. The van der Waals surface area contributed by atoms with Crippen molar-refractivity contribution in [1.82, 2.24) is 5.32 Å². The summed E-state index contributed by atoms with van der Waals surface area (Å²) >= 11 is 0. The van der Waals surface area contributed by atoms with Gasteiger partial charge in [0.1, 0.15) is 0 Å². The summed E-state index contributed by atoms with van der Waals surface area (Å²) in [5.41, 5.74) is 0.746. The number of rotatable bonds is 1. The van der Waals surface area contributed by atoms with Crippen molar-refractivity contribution in [2.75, 3.05) is 16.4 Å². The molecule has 5 nitrogen and oxygen atoms in total. The number of amides is 2. The van der Waals surface area contributed by atoms with Crippen molar-refractivity contribution in [2.24, 2.45) is 0 Å². The molecule has 2 amide bonds. The highest BCUT2D eigenvalue weighted by Gasteiger charge is 2.49. The summed E-state index contributed by atoms with van der Waals surface area (Å²) in [4.78, 5) is 13.7. The monoisotopic (exact) mass is 302 g/mol. The van der Waals surface area contributed by atoms with Crippen LogP contribution in [-0.4, -0.2) is 38.0 Å². The Bertz CT molecular complexity index is 847. The predicted molar refractivity (Wildman–Crippen MR) is 81.2 cm³/mol. The molecule has 0 aromatic heterocycles. The highest BCUT2D eigenvalue weighted by molar-refractivity contribution is 7.91. The van der Waals surface area contributed by atoms with E-state index in [0.717, 1.165) is 16.5 Å². The summed E-state index contributed by atoms with van der Waals surface area (Å²) in [7, 11) is -3.07. The topological polar surface area (TPSA) is 66.5 Å². The smallest absolute Gasteiger partial charge is 0.322 e. The van der Waals surface area contributed by atoms with Gasteiger partial charge in [-0.3, -0.25) is 4.90 Å². The number of carbonyl (C=O) groups excluding carboxylic acids is 1. The number of sulfone groups is 1. The van der Waals surface area contributed by atoms with Gasteiger partial charge in [0.2, 0.25) is 0 Å². The van der Waals surface area contributed by atoms with E-state index in [1.807, 2.05) is 42.5 Å². The van der Waals surface area contributed by atoms with Crippen molar-refractivity contribution >= 4 is 32.3 Å². The number of hydrogen-bond acceptors (Lipinski definition) is 3. The minimum atomic E-state index is -3.07. The standard InChI is InChI=1S/C15H14N2O3S/c18-15-16-13-8-21(19,20)9-14(13)17(15)12-6-5-10-3-1-2-4-11(10)7-12/h1-7,13-14H,8-9H2,(H,16,18)/t13-,14-/m0/s1. The van der Waals surface area contributed by atoms with Gasteiger partial charge in [-0.15, -0.1) is 0 Å². The van der Waals surface area contributed by atoms with E-state index in [2.05, 4.69) is 5.32 Å². The van der Waals surface area contributed by atoms with Crippen LogP contribution in [0.5, 0.6) is 0 Å². The predicted octanol–water partition coefficient (Wildman–Crippen LogP) is 1.53. The van der Waals surface area contributed by atoms with Crippen LogP contribution in [0.25, 0.3) is 10.8 Å². The largest absolute Gasteiger partial charge is 0.332 e. The molecule has 0 aliphatic carbocycles. The average molecular weight is 302 g/mol. The molecule has 0 spiro atoms. The van der Waals surface area contributed by atoms with Crippen molar-refractivity contribution < 1.29 is 13.2 Å². The molecule has 2 aliphatic heterocycles. The lowest BCUT2D eigenvalue weighted by Crippen LogP contribution is -2.36. The van der Waals surface area contributed by atoms with E-state index in [1.165, 1.54) is 0 Å². The van der Waals surface area contributed by atoms with Crippen LogP contribution < -0.4 is 10.2 Å². The number of nitrogens with zero attached hydrogens (tertiary/aromatic N) is 1. The maximum atomic E-state index is 12.2. The van der Waals surface area contributed by atoms with Crippen molar-refractivity contribution in [3.05, 3.63) is 42.5 Å². The molecule has 2 heterocycles. The first-order valence-electron chi connectivity index (χ1n) is 6.82. The zero-order valence-corrected chi connectivity index (χ0v) is 12.0. The zero-order chi connectivity index (χ0) is 14.6. The lowest BCUT2D eigenvalue weighted by Gasteiger charge is -2.21. The summed E-state index contributed by atoms with van der Waals surface area (Å²) in [6.45, 7) is 0. The number of carbonyl (C=O) groups is 1. The van der Waals surface area contributed by atoms with Gasteiger partial charge < -0.3 is 5.32 Å². The molecule has 0 radical (unpaired) electrons. The summed E-state index contributed by atoms with van der Waals surface area (Å²) in [6.07, 6.45) is 0. The summed E-state index contributed by atoms with van der Waals surface area (Å²) in [5, 5.41) is 4.90. The van der Waals surface area contributed by atoms with Gasteiger partial charge in [-0.1, -0.05) is 30.3 Å². The van der Waals surface area contributed by atoms with Crippen LogP contribution >= 0.6 is 0 Å². The molecule has 21 heavy (non-hydrogen) atoms. The van der Waals surface area contributed by atoms with Gasteiger partial charge in [0.15, 0.2) is 9.84 Å². The summed E-state index contributed by atoms with van der Waals surface area (Å²) in [6, 6.07) is 12.8. The Morgan fingerprint density at radius 3 is 2.62 bits per heavy atom. The fourth-order valence-electron chi connectivity index (χ4n) is 3.24. The Hall–Kier alpha value is -2.08. The Kier molecular flexibility index (Phi) is 2.53. The molecule has 6 heteroatoms. The normalized spacial score (nSPS) is 26.9. The molecular weight excluding hydrogens is 288 g/mol. The fourth-order valence-corrected chi connectivity index (χ4v) is 5.13. The molecule has 2 fully saturated rings. The molecule has 0 bridgehead atoms. The van der Waals surface area contributed by atoms with Gasteiger partial charge in [0.25, 0.3) is 0 Å².